The summed E-state index contributed by atoms with van der Waals surface area (Å²) in [6.07, 6.45) is 0. The van der Waals surface area contributed by atoms with Crippen LogP contribution in [-0.4, -0.2) is 18.4 Å². The number of hydrogen-bond acceptors (Lipinski definition) is 5. The number of rotatable bonds is 6. The van der Waals surface area contributed by atoms with Crippen LogP contribution < -0.4 is 10.0 Å². The van der Waals surface area contributed by atoms with E-state index < -0.39 is 10.0 Å². The van der Waals surface area contributed by atoms with E-state index in [-0.39, 0.29) is 10.7 Å². The lowest BCUT2D eigenvalue weighted by molar-refractivity contribution is 0.601. The van der Waals surface area contributed by atoms with Gasteiger partial charge in [0.1, 0.15) is 0 Å². The van der Waals surface area contributed by atoms with Crippen LogP contribution in [0.25, 0.3) is 11.0 Å². The van der Waals surface area contributed by atoms with E-state index in [0.29, 0.717) is 28.4 Å². The number of nitrogens with one attached hydrogen (secondary N) is 2. The summed E-state index contributed by atoms with van der Waals surface area (Å²) in [6.45, 7) is 2.27. The molecule has 1 heterocycles. The van der Waals surface area contributed by atoms with E-state index >= 15 is 0 Å². The molecule has 0 aliphatic carbocycles. The van der Waals surface area contributed by atoms with Crippen LogP contribution in [0.2, 0.25) is 5.02 Å². The van der Waals surface area contributed by atoms with E-state index in [1.54, 1.807) is 36.4 Å². The summed E-state index contributed by atoms with van der Waals surface area (Å²) in [5, 5.41) is 3.77. The van der Waals surface area contributed by atoms with Crippen molar-refractivity contribution in [1.29, 1.82) is 0 Å². The highest BCUT2D eigenvalue weighted by Crippen LogP contribution is 2.26. The number of nitrogens with zero attached hydrogens (tertiary/aromatic N) is 2. The van der Waals surface area contributed by atoms with Crippen molar-refractivity contribution < 1.29 is 8.42 Å². The van der Waals surface area contributed by atoms with E-state index in [4.69, 9.17) is 11.6 Å². The molecule has 0 aliphatic heterocycles. The molecular formula is C22H19ClN4O2S. The molecule has 1 aromatic heterocycles. The summed E-state index contributed by atoms with van der Waals surface area (Å²) in [7, 11) is -3.83. The van der Waals surface area contributed by atoms with Crippen LogP contribution in [0.4, 0.5) is 11.6 Å². The standard InChI is InChI=1S/C22H19ClN4O2S/c1-15-10-12-17(13-11-15)30(28,29)27-22-21(24-14-16-6-2-3-7-18(16)23)25-19-8-4-5-9-20(19)26-22/h2-13H,14H2,1H3,(H,24,25)(H,26,27). The lowest BCUT2D eigenvalue weighted by Crippen LogP contribution is -2.16. The molecule has 0 saturated carbocycles. The Labute approximate surface area is 180 Å². The summed E-state index contributed by atoms with van der Waals surface area (Å²) < 4.78 is 28.4. The van der Waals surface area contributed by atoms with Crippen LogP contribution in [0.15, 0.2) is 77.7 Å². The number of para-hydroxylation sites is 2. The van der Waals surface area contributed by atoms with Gasteiger partial charge in [-0.3, -0.25) is 4.72 Å². The molecule has 0 radical (unpaired) electrons. The van der Waals surface area contributed by atoms with Crippen molar-refractivity contribution in [2.75, 3.05) is 10.0 Å². The molecule has 2 N–H and O–H groups in total. The number of sulfonamides is 1. The zero-order chi connectivity index (χ0) is 21.1. The van der Waals surface area contributed by atoms with E-state index in [1.807, 2.05) is 43.3 Å². The highest BCUT2D eigenvalue weighted by Gasteiger charge is 2.19. The SMILES string of the molecule is Cc1ccc(S(=O)(=O)Nc2nc3ccccc3nc2NCc2ccccc2Cl)cc1. The molecule has 6 nitrogen and oxygen atoms in total. The molecule has 4 rings (SSSR count). The van der Waals surface area contributed by atoms with E-state index in [1.165, 1.54) is 0 Å². The maximum absolute atomic E-state index is 12.9. The highest BCUT2D eigenvalue weighted by atomic mass is 35.5. The third-order valence-electron chi connectivity index (χ3n) is 4.54. The smallest absolute Gasteiger partial charge is 0.263 e. The van der Waals surface area contributed by atoms with Crippen molar-refractivity contribution in [3.05, 3.63) is 88.9 Å². The van der Waals surface area contributed by atoms with Gasteiger partial charge in [0.2, 0.25) is 0 Å². The van der Waals surface area contributed by atoms with E-state index in [9.17, 15) is 8.42 Å². The summed E-state index contributed by atoms with van der Waals surface area (Å²) in [5.74, 6) is 0.450. The number of aryl methyl sites for hydroxylation is 1. The molecule has 0 amide bonds. The minimum Gasteiger partial charge on any atom is -0.363 e. The largest absolute Gasteiger partial charge is 0.363 e. The molecule has 0 unspecified atom stereocenters. The molecule has 152 valence electrons. The molecular weight excluding hydrogens is 420 g/mol. The van der Waals surface area contributed by atoms with Gasteiger partial charge in [0, 0.05) is 11.6 Å². The van der Waals surface area contributed by atoms with E-state index in [0.717, 1.165) is 11.1 Å². The Balaban J connectivity index is 1.71. The molecule has 0 saturated heterocycles. The molecule has 0 bridgehead atoms. The second kappa shape index (κ2) is 8.30. The first-order valence-electron chi connectivity index (χ1n) is 9.26. The van der Waals surface area contributed by atoms with Gasteiger partial charge in [-0.05, 0) is 42.8 Å². The molecule has 8 heteroatoms. The summed E-state index contributed by atoms with van der Waals surface area (Å²) in [5.41, 5.74) is 3.07. The molecule has 0 atom stereocenters. The van der Waals surface area contributed by atoms with Gasteiger partial charge < -0.3 is 5.32 Å². The predicted octanol–water partition coefficient (Wildman–Crippen LogP) is 5.00. The van der Waals surface area contributed by atoms with Crippen molar-refractivity contribution >= 4 is 44.3 Å². The molecule has 30 heavy (non-hydrogen) atoms. The minimum absolute atomic E-state index is 0.126. The fraction of sp³-hybridized carbons (Fsp3) is 0.0909. The second-order valence-corrected chi connectivity index (χ2v) is 8.86. The lowest BCUT2D eigenvalue weighted by atomic mass is 10.2. The third-order valence-corrected chi connectivity index (χ3v) is 6.26. The number of fused-ring (bicyclic) bond motifs is 1. The lowest BCUT2D eigenvalue weighted by Gasteiger charge is -2.14. The first kappa shape index (κ1) is 20.1. The van der Waals surface area contributed by atoms with Crippen molar-refractivity contribution in [2.24, 2.45) is 0 Å². The second-order valence-electron chi connectivity index (χ2n) is 6.77. The van der Waals surface area contributed by atoms with Gasteiger partial charge in [0.25, 0.3) is 10.0 Å². The van der Waals surface area contributed by atoms with Crippen LogP contribution in [0.1, 0.15) is 11.1 Å². The van der Waals surface area contributed by atoms with E-state index in [2.05, 4.69) is 20.0 Å². The summed E-state index contributed by atoms with van der Waals surface area (Å²) >= 11 is 6.24. The van der Waals surface area contributed by atoms with Crippen molar-refractivity contribution in [1.82, 2.24) is 9.97 Å². The van der Waals surface area contributed by atoms with Crippen molar-refractivity contribution in [3.8, 4) is 0 Å². The first-order valence-corrected chi connectivity index (χ1v) is 11.1. The number of benzene rings is 3. The van der Waals surface area contributed by atoms with Gasteiger partial charge in [-0.2, -0.15) is 0 Å². The van der Waals surface area contributed by atoms with Crippen LogP contribution >= 0.6 is 11.6 Å². The Hall–Kier alpha value is -3.16. The molecule has 0 aliphatic rings. The maximum Gasteiger partial charge on any atom is 0.263 e. The molecule has 4 aromatic rings. The van der Waals surface area contributed by atoms with Crippen molar-refractivity contribution in [3.63, 3.8) is 0 Å². The number of hydrogen-bond donors (Lipinski definition) is 2. The first-order chi connectivity index (χ1) is 14.4. The van der Waals surface area contributed by atoms with Gasteiger partial charge >= 0.3 is 0 Å². The Morgan fingerprint density at radius 3 is 2.10 bits per heavy atom. The highest BCUT2D eigenvalue weighted by molar-refractivity contribution is 7.92. The molecule has 0 fully saturated rings. The average molecular weight is 439 g/mol. The average Bonchev–Trinajstić information content (AvgIpc) is 2.73. The Morgan fingerprint density at radius 2 is 1.43 bits per heavy atom. The monoisotopic (exact) mass is 438 g/mol. The number of aromatic nitrogens is 2. The Bertz CT molecular complexity index is 1310. The molecule has 0 spiro atoms. The van der Waals surface area contributed by atoms with Gasteiger partial charge in [-0.15, -0.1) is 0 Å². The number of halogens is 1. The van der Waals surface area contributed by atoms with Crippen LogP contribution in [0, 0.1) is 6.92 Å². The fourth-order valence-electron chi connectivity index (χ4n) is 2.92. The fourth-order valence-corrected chi connectivity index (χ4v) is 4.13. The van der Waals surface area contributed by atoms with Crippen LogP contribution in [0.5, 0.6) is 0 Å². The van der Waals surface area contributed by atoms with Gasteiger partial charge in [0.15, 0.2) is 11.6 Å². The zero-order valence-corrected chi connectivity index (χ0v) is 17.7. The number of anilines is 2. The van der Waals surface area contributed by atoms with Gasteiger partial charge in [0.05, 0.1) is 15.9 Å². The normalized spacial score (nSPS) is 11.4. The summed E-state index contributed by atoms with van der Waals surface area (Å²) in [6, 6.07) is 21.3. The minimum atomic E-state index is -3.83. The predicted molar refractivity (Wildman–Crippen MR) is 120 cm³/mol. The Kier molecular flexibility index (Phi) is 5.57. The quantitative estimate of drug-likeness (QED) is 0.442. The van der Waals surface area contributed by atoms with Crippen LogP contribution in [0.3, 0.4) is 0 Å². The topological polar surface area (TPSA) is 84.0 Å². The molecule has 3 aromatic carbocycles. The third kappa shape index (κ3) is 4.37. The van der Waals surface area contributed by atoms with Gasteiger partial charge in [-0.1, -0.05) is 59.6 Å². The maximum atomic E-state index is 12.9. The van der Waals surface area contributed by atoms with Gasteiger partial charge in [-0.25, -0.2) is 18.4 Å². The zero-order valence-electron chi connectivity index (χ0n) is 16.1. The summed E-state index contributed by atoms with van der Waals surface area (Å²) in [4.78, 5) is 9.21. The van der Waals surface area contributed by atoms with Crippen molar-refractivity contribution in [2.45, 2.75) is 18.4 Å². The van der Waals surface area contributed by atoms with Crippen LogP contribution in [-0.2, 0) is 16.6 Å². The Morgan fingerprint density at radius 1 is 0.833 bits per heavy atom.